The molecule has 0 amide bonds. The lowest BCUT2D eigenvalue weighted by molar-refractivity contribution is -0.124. The van der Waals surface area contributed by atoms with Gasteiger partial charge < -0.3 is 20.5 Å². The van der Waals surface area contributed by atoms with Crippen molar-refractivity contribution in [3.8, 4) is 5.75 Å². The van der Waals surface area contributed by atoms with Crippen LogP contribution in [0.1, 0.15) is 77.5 Å². The van der Waals surface area contributed by atoms with Gasteiger partial charge in [-0.3, -0.25) is 4.79 Å². The Bertz CT molecular complexity index is 1310. The third-order valence-electron chi connectivity index (χ3n) is 9.33. The maximum Gasteiger partial charge on any atom is 0.136 e. The second kappa shape index (κ2) is 18.1. The lowest BCUT2D eigenvalue weighted by Gasteiger charge is -2.27. The third kappa shape index (κ3) is 11.7. The van der Waals surface area contributed by atoms with Crippen molar-refractivity contribution in [3.05, 3.63) is 114 Å². The molecule has 0 spiro atoms. The van der Waals surface area contributed by atoms with E-state index in [-0.39, 0.29) is 41.9 Å². The predicted molar refractivity (Wildman–Crippen MR) is 193 cm³/mol. The first-order chi connectivity index (χ1) is 21.9. The SMILES string of the molecule is C=C(C)/C=C/C[C@H](CC(=O)C(CC(=C)C(C)CNC(=C)[C@H](N)Cc1ccc(OC)cc1)CC(C)C)C(C)C1OC1c1ccccc1. The number of ketones is 1. The Labute approximate surface area is 279 Å². The van der Waals surface area contributed by atoms with Crippen molar-refractivity contribution in [3.63, 3.8) is 0 Å². The molecule has 46 heavy (non-hydrogen) atoms. The van der Waals surface area contributed by atoms with E-state index in [9.17, 15) is 4.79 Å². The molecule has 3 N–H and O–H groups in total. The molecule has 0 aliphatic carbocycles. The molecule has 2 aromatic carbocycles. The summed E-state index contributed by atoms with van der Waals surface area (Å²) >= 11 is 0. The van der Waals surface area contributed by atoms with Gasteiger partial charge in [0.05, 0.1) is 13.2 Å². The number of ether oxygens (including phenoxy) is 2. The number of hydrogen-bond donors (Lipinski definition) is 2. The number of methoxy groups -OCH3 is 1. The van der Waals surface area contributed by atoms with Crippen LogP contribution < -0.4 is 15.8 Å². The first kappa shape index (κ1) is 37.1. The summed E-state index contributed by atoms with van der Waals surface area (Å²) in [5.74, 6) is 2.14. The molecular formula is C41H58N2O3. The van der Waals surface area contributed by atoms with Gasteiger partial charge in [0.1, 0.15) is 17.6 Å². The summed E-state index contributed by atoms with van der Waals surface area (Å²) < 4.78 is 11.4. The number of Topliss-reactive ketones (excluding diaryl/α,β-unsaturated/α-hetero) is 1. The smallest absolute Gasteiger partial charge is 0.136 e. The van der Waals surface area contributed by atoms with Crippen molar-refractivity contribution in [1.29, 1.82) is 0 Å². The van der Waals surface area contributed by atoms with Crippen LogP contribution in [0.5, 0.6) is 5.75 Å². The van der Waals surface area contributed by atoms with Gasteiger partial charge in [-0.2, -0.15) is 0 Å². The number of carbonyl (C=O) groups excluding carboxylic acids is 1. The number of allylic oxidation sites excluding steroid dienone is 3. The number of hydrogen-bond acceptors (Lipinski definition) is 5. The molecule has 0 aromatic heterocycles. The van der Waals surface area contributed by atoms with Crippen molar-refractivity contribution in [2.75, 3.05) is 13.7 Å². The minimum Gasteiger partial charge on any atom is -0.497 e. The third-order valence-corrected chi connectivity index (χ3v) is 9.33. The van der Waals surface area contributed by atoms with Gasteiger partial charge in [0.2, 0.25) is 0 Å². The highest BCUT2D eigenvalue weighted by Crippen LogP contribution is 2.47. The first-order valence-electron chi connectivity index (χ1n) is 16.9. The summed E-state index contributed by atoms with van der Waals surface area (Å²) in [6.45, 7) is 24.2. The number of rotatable bonds is 21. The molecule has 0 radical (unpaired) electrons. The van der Waals surface area contributed by atoms with Gasteiger partial charge in [0.15, 0.2) is 0 Å². The maximum atomic E-state index is 14.0. The lowest BCUT2D eigenvalue weighted by atomic mass is 9.77. The Morgan fingerprint density at radius 1 is 1.02 bits per heavy atom. The fraction of sp³-hybridized carbons (Fsp3) is 0.488. The standard InChI is InChI=1S/C41H58N2O3/c1-27(2)14-13-17-35(31(7)40-41(46-40)34-15-11-10-12-16-34)25-39(44)36(22-28(3)4)23-29(5)30(6)26-43-32(8)38(42)24-33-18-20-37(45-9)21-19-33/h10-16,18-21,28,30-31,35-36,38,40-41,43H,1,5,8,17,22-26,42H2,2-4,6-7,9H3/b14-13+/t30?,31?,35-,36?,38-,40?,41?/m1/s1. The molecule has 0 saturated carbocycles. The first-order valence-corrected chi connectivity index (χ1v) is 16.9. The summed E-state index contributed by atoms with van der Waals surface area (Å²) in [6, 6.07) is 18.1. The largest absolute Gasteiger partial charge is 0.497 e. The summed E-state index contributed by atoms with van der Waals surface area (Å²) in [4.78, 5) is 14.0. The highest BCUT2D eigenvalue weighted by Gasteiger charge is 2.46. The molecule has 1 aliphatic heterocycles. The Kier molecular flexibility index (Phi) is 14.5. The summed E-state index contributed by atoms with van der Waals surface area (Å²) in [6.07, 6.45) is 8.08. The molecule has 1 heterocycles. The molecule has 250 valence electrons. The molecule has 5 unspecified atom stereocenters. The molecule has 3 rings (SSSR count). The van der Waals surface area contributed by atoms with Crippen LogP contribution in [0, 0.1) is 29.6 Å². The van der Waals surface area contributed by atoms with E-state index in [0.717, 1.165) is 41.0 Å². The molecule has 5 nitrogen and oxygen atoms in total. The molecule has 1 saturated heterocycles. The fourth-order valence-corrected chi connectivity index (χ4v) is 6.17. The number of nitrogens with two attached hydrogens (primary N) is 1. The molecular weight excluding hydrogens is 568 g/mol. The van der Waals surface area contributed by atoms with Gasteiger partial charge >= 0.3 is 0 Å². The van der Waals surface area contributed by atoms with Gasteiger partial charge in [0, 0.05) is 30.6 Å². The highest BCUT2D eigenvalue weighted by atomic mass is 16.6. The van der Waals surface area contributed by atoms with Crippen LogP contribution >= 0.6 is 0 Å². The minimum absolute atomic E-state index is 0.0552. The zero-order valence-electron chi connectivity index (χ0n) is 29.1. The summed E-state index contributed by atoms with van der Waals surface area (Å²) in [7, 11) is 1.66. The van der Waals surface area contributed by atoms with Crippen LogP contribution in [0.2, 0.25) is 0 Å². The summed E-state index contributed by atoms with van der Waals surface area (Å²) in [5, 5.41) is 3.45. The second-order valence-electron chi connectivity index (χ2n) is 13.9. The van der Waals surface area contributed by atoms with Crippen LogP contribution in [0.4, 0.5) is 0 Å². The molecule has 5 heteroatoms. The highest BCUT2D eigenvalue weighted by molar-refractivity contribution is 5.81. The van der Waals surface area contributed by atoms with E-state index in [0.29, 0.717) is 37.5 Å². The molecule has 2 aromatic rings. The Morgan fingerprint density at radius 3 is 2.30 bits per heavy atom. The predicted octanol–water partition coefficient (Wildman–Crippen LogP) is 8.79. The van der Waals surface area contributed by atoms with Crippen molar-refractivity contribution in [2.24, 2.45) is 35.3 Å². The van der Waals surface area contributed by atoms with Gasteiger partial charge in [-0.05, 0) is 79.5 Å². The Balaban J connectivity index is 1.59. The molecule has 7 atom stereocenters. The van der Waals surface area contributed by atoms with Gasteiger partial charge in [-0.1, -0.05) is 113 Å². The number of carbonyl (C=O) groups is 1. The van der Waals surface area contributed by atoms with Crippen molar-refractivity contribution in [1.82, 2.24) is 5.32 Å². The van der Waals surface area contributed by atoms with Crippen LogP contribution in [0.3, 0.4) is 0 Å². The van der Waals surface area contributed by atoms with E-state index in [4.69, 9.17) is 15.2 Å². The zero-order chi connectivity index (χ0) is 33.8. The number of nitrogens with one attached hydrogen (secondary N) is 1. The van der Waals surface area contributed by atoms with Crippen molar-refractivity contribution >= 4 is 5.78 Å². The normalized spacial score (nSPS) is 19.2. The van der Waals surface area contributed by atoms with E-state index in [1.165, 1.54) is 5.56 Å². The average Bonchev–Trinajstić information content (AvgIpc) is 3.83. The fourth-order valence-electron chi connectivity index (χ4n) is 6.17. The van der Waals surface area contributed by atoms with E-state index < -0.39 is 0 Å². The van der Waals surface area contributed by atoms with Crippen LogP contribution in [-0.4, -0.2) is 31.6 Å². The van der Waals surface area contributed by atoms with Crippen LogP contribution in [0.15, 0.2) is 103 Å². The van der Waals surface area contributed by atoms with Crippen LogP contribution in [-0.2, 0) is 16.0 Å². The zero-order valence-corrected chi connectivity index (χ0v) is 29.1. The minimum atomic E-state index is -0.209. The van der Waals surface area contributed by atoms with Crippen molar-refractivity contribution in [2.45, 2.75) is 85.0 Å². The Hall–Kier alpha value is -3.41. The molecule has 1 fully saturated rings. The molecule has 1 aliphatic rings. The van der Waals surface area contributed by atoms with E-state index >= 15 is 0 Å². The quantitative estimate of drug-likeness (QED) is 0.0823. The van der Waals surface area contributed by atoms with Gasteiger partial charge in [0.25, 0.3) is 0 Å². The van der Waals surface area contributed by atoms with E-state index in [1.54, 1.807) is 7.11 Å². The Morgan fingerprint density at radius 2 is 1.70 bits per heavy atom. The van der Waals surface area contributed by atoms with Crippen LogP contribution in [0.25, 0.3) is 0 Å². The number of benzene rings is 2. The van der Waals surface area contributed by atoms with Crippen molar-refractivity contribution < 1.29 is 14.3 Å². The average molecular weight is 627 g/mol. The maximum absolute atomic E-state index is 14.0. The topological polar surface area (TPSA) is 76.9 Å². The lowest BCUT2D eigenvalue weighted by Crippen LogP contribution is -2.35. The second-order valence-corrected chi connectivity index (χ2v) is 13.9. The van der Waals surface area contributed by atoms with Gasteiger partial charge in [-0.15, -0.1) is 0 Å². The number of epoxide rings is 1. The monoisotopic (exact) mass is 626 g/mol. The van der Waals surface area contributed by atoms with E-state index in [1.807, 2.05) is 37.3 Å². The van der Waals surface area contributed by atoms with E-state index in [2.05, 4.69) is 89.2 Å². The van der Waals surface area contributed by atoms with Gasteiger partial charge in [-0.25, -0.2) is 0 Å². The molecule has 0 bridgehead atoms. The summed E-state index contributed by atoms with van der Waals surface area (Å²) in [5.41, 5.74) is 11.7.